The first kappa shape index (κ1) is 14.4. The lowest BCUT2D eigenvalue weighted by atomic mass is 10.2. The number of thiazole rings is 1. The minimum Gasteiger partial charge on any atom is -0.345 e. The first-order valence-electron chi connectivity index (χ1n) is 7.27. The molecule has 4 heterocycles. The molecule has 0 aliphatic carbocycles. The normalized spacial score (nSPS) is 12.8. The summed E-state index contributed by atoms with van der Waals surface area (Å²) in [6.07, 6.45) is 8.07. The lowest BCUT2D eigenvalue weighted by Gasteiger charge is -2.09. The molecule has 0 unspecified atom stereocenters. The second-order valence-electron chi connectivity index (χ2n) is 5.42. The third-order valence-electron chi connectivity index (χ3n) is 3.77. The molecule has 116 valence electrons. The van der Waals surface area contributed by atoms with Crippen LogP contribution in [0.2, 0.25) is 5.02 Å². The lowest BCUT2D eigenvalue weighted by molar-refractivity contribution is 0.488. The van der Waals surface area contributed by atoms with Crippen LogP contribution < -0.4 is 0 Å². The summed E-state index contributed by atoms with van der Waals surface area (Å²) in [5, 5.41) is 9.18. The van der Waals surface area contributed by atoms with Gasteiger partial charge in [0.1, 0.15) is 5.65 Å². The fraction of sp³-hybridized carbons (Fsp3) is 0.188. The largest absolute Gasteiger partial charge is 0.345 e. The second kappa shape index (κ2) is 5.79. The zero-order valence-electron chi connectivity index (χ0n) is 12.4. The van der Waals surface area contributed by atoms with Gasteiger partial charge >= 0.3 is 0 Å². The van der Waals surface area contributed by atoms with Crippen LogP contribution in [0.25, 0.3) is 22.3 Å². The molecule has 0 fully saturated rings. The second-order valence-corrected chi connectivity index (χ2v) is 6.80. The molecular weight excluding hydrogens is 330 g/mol. The Morgan fingerprint density at radius 1 is 1.43 bits per heavy atom. The zero-order valence-corrected chi connectivity index (χ0v) is 14.0. The average molecular weight is 344 g/mol. The van der Waals surface area contributed by atoms with Crippen molar-refractivity contribution in [2.45, 2.75) is 19.4 Å². The maximum atomic E-state index is 5.93. The molecule has 4 rings (SSSR count). The van der Waals surface area contributed by atoms with Crippen LogP contribution in [0.5, 0.6) is 0 Å². The molecule has 0 bridgehead atoms. The number of hydrogen-bond donors (Lipinski definition) is 1. The van der Waals surface area contributed by atoms with E-state index in [-0.39, 0.29) is 6.04 Å². The Labute approximate surface area is 142 Å². The number of rotatable bonds is 4. The van der Waals surface area contributed by atoms with E-state index < -0.39 is 0 Å². The summed E-state index contributed by atoms with van der Waals surface area (Å²) in [6, 6.07) is 4.21. The molecular formula is C16H14ClN5S. The van der Waals surface area contributed by atoms with Crippen molar-refractivity contribution >= 4 is 34.0 Å². The monoisotopic (exact) mass is 343 g/mol. The van der Waals surface area contributed by atoms with Gasteiger partial charge in [-0.25, -0.2) is 9.97 Å². The van der Waals surface area contributed by atoms with Gasteiger partial charge in [0.05, 0.1) is 28.0 Å². The van der Waals surface area contributed by atoms with Crippen LogP contribution in [0.4, 0.5) is 0 Å². The Morgan fingerprint density at radius 2 is 2.35 bits per heavy atom. The van der Waals surface area contributed by atoms with Crippen LogP contribution in [-0.2, 0) is 6.42 Å². The molecule has 0 saturated carbocycles. The van der Waals surface area contributed by atoms with Gasteiger partial charge in [0, 0.05) is 41.3 Å². The number of nitrogens with one attached hydrogen (secondary N) is 1. The fourth-order valence-corrected chi connectivity index (χ4v) is 3.66. The van der Waals surface area contributed by atoms with Crippen molar-refractivity contribution in [3.05, 3.63) is 52.3 Å². The van der Waals surface area contributed by atoms with E-state index in [1.807, 2.05) is 23.1 Å². The van der Waals surface area contributed by atoms with Gasteiger partial charge < -0.3 is 4.98 Å². The van der Waals surface area contributed by atoms with Gasteiger partial charge in [-0.3, -0.25) is 4.68 Å². The van der Waals surface area contributed by atoms with Crippen LogP contribution in [0.15, 0.2) is 42.3 Å². The van der Waals surface area contributed by atoms with Gasteiger partial charge in [-0.05, 0) is 19.1 Å². The molecule has 0 amide bonds. The Bertz CT molecular complexity index is 954. The van der Waals surface area contributed by atoms with Crippen molar-refractivity contribution in [1.29, 1.82) is 0 Å². The number of nitrogens with zero attached hydrogens (tertiary/aromatic N) is 4. The maximum Gasteiger partial charge on any atom is 0.137 e. The highest BCUT2D eigenvalue weighted by atomic mass is 35.5. The molecule has 23 heavy (non-hydrogen) atoms. The van der Waals surface area contributed by atoms with E-state index in [0.717, 1.165) is 33.7 Å². The van der Waals surface area contributed by atoms with E-state index in [1.54, 1.807) is 23.7 Å². The van der Waals surface area contributed by atoms with Gasteiger partial charge in [0.25, 0.3) is 0 Å². The number of fused-ring (bicyclic) bond motifs is 1. The molecule has 0 aliphatic rings. The third kappa shape index (κ3) is 2.75. The molecule has 7 heteroatoms. The molecule has 5 nitrogen and oxygen atoms in total. The lowest BCUT2D eigenvalue weighted by Crippen LogP contribution is -2.08. The molecule has 4 aromatic rings. The highest BCUT2D eigenvalue weighted by Gasteiger charge is 2.13. The molecule has 0 aromatic carbocycles. The van der Waals surface area contributed by atoms with Gasteiger partial charge in [0.2, 0.25) is 0 Å². The predicted octanol–water partition coefficient (Wildman–Crippen LogP) is 4.34. The summed E-state index contributed by atoms with van der Waals surface area (Å²) in [7, 11) is 0. The highest BCUT2D eigenvalue weighted by Crippen LogP contribution is 2.29. The van der Waals surface area contributed by atoms with Crippen molar-refractivity contribution in [1.82, 2.24) is 24.7 Å². The quantitative estimate of drug-likeness (QED) is 0.599. The van der Waals surface area contributed by atoms with Crippen LogP contribution in [-0.4, -0.2) is 24.7 Å². The van der Waals surface area contributed by atoms with Crippen molar-refractivity contribution < 1.29 is 0 Å². The molecule has 1 N–H and O–H groups in total. The van der Waals surface area contributed by atoms with Gasteiger partial charge in [0.15, 0.2) is 0 Å². The Balaban J connectivity index is 1.59. The molecule has 0 radical (unpaired) electrons. The summed E-state index contributed by atoms with van der Waals surface area (Å²) >= 11 is 7.60. The van der Waals surface area contributed by atoms with Crippen LogP contribution in [0.1, 0.15) is 18.0 Å². The van der Waals surface area contributed by atoms with Crippen molar-refractivity contribution in [3.63, 3.8) is 0 Å². The van der Waals surface area contributed by atoms with Gasteiger partial charge in [-0.15, -0.1) is 11.3 Å². The minimum absolute atomic E-state index is 0.214. The van der Waals surface area contributed by atoms with E-state index in [9.17, 15) is 0 Å². The highest BCUT2D eigenvalue weighted by molar-refractivity contribution is 7.10. The topological polar surface area (TPSA) is 59.4 Å². The number of aromatic nitrogens is 5. The predicted molar refractivity (Wildman–Crippen MR) is 92.9 cm³/mol. The van der Waals surface area contributed by atoms with Crippen LogP contribution in [0.3, 0.4) is 0 Å². The first-order valence-corrected chi connectivity index (χ1v) is 8.53. The average Bonchev–Trinajstić information content (AvgIpc) is 3.26. The summed E-state index contributed by atoms with van der Waals surface area (Å²) in [5.41, 5.74) is 2.96. The number of aromatic amines is 1. The summed E-state index contributed by atoms with van der Waals surface area (Å²) in [5.74, 6) is 0. The molecule has 0 saturated heterocycles. The van der Waals surface area contributed by atoms with E-state index in [2.05, 4.69) is 33.4 Å². The Morgan fingerprint density at radius 3 is 3.17 bits per heavy atom. The first-order chi connectivity index (χ1) is 11.2. The van der Waals surface area contributed by atoms with E-state index in [0.29, 0.717) is 5.02 Å². The van der Waals surface area contributed by atoms with E-state index >= 15 is 0 Å². The molecule has 1 atom stereocenters. The molecule has 0 spiro atoms. The van der Waals surface area contributed by atoms with Gasteiger partial charge in [-0.2, -0.15) is 5.10 Å². The van der Waals surface area contributed by atoms with Crippen molar-refractivity contribution in [3.8, 4) is 11.3 Å². The Kier molecular flexibility index (Phi) is 3.63. The van der Waals surface area contributed by atoms with Gasteiger partial charge in [-0.1, -0.05) is 11.6 Å². The molecule has 0 aliphatic heterocycles. The number of H-pyrrole nitrogens is 1. The number of pyridine rings is 1. The standard InChI is InChI=1S/C16H14ClN5S/c1-10(22-8-11(17)6-20-22)5-15-21-14(9-23-15)13-7-19-16-12(13)3-2-4-18-16/h2-4,6-10H,5H2,1H3,(H,18,19)/t10-/m0/s1. The number of hydrogen-bond acceptors (Lipinski definition) is 4. The minimum atomic E-state index is 0.214. The summed E-state index contributed by atoms with van der Waals surface area (Å²) in [4.78, 5) is 12.3. The zero-order chi connectivity index (χ0) is 15.8. The maximum absolute atomic E-state index is 5.93. The van der Waals surface area contributed by atoms with E-state index in [4.69, 9.17) is 16.6 Å². The smallest absolute Gasteiger partial charge is 0.137 e. The number of halogens is 1. The molecule has 4 aromatic heterocycles. The SMILES string of the molecule is C[C@@H](Cc1nc(-c2c[nH]c3ncccc23)cs1)n1cc(Cl)cn1. The van der Waals surface area contributed by atoms with Crippen LogP contribution in [0, 0.1) is 0 Å². The van der Waals surface area contributed by atoms with Crippen molar-refractivity contribution in [2.24, 2.45) is 0 Å². The van der Waals surface area contributed by atoms with Crippen molar-refractivity contribution in [2.75, 3.05) is 0 Å². The third-order valence-corrected chi connectivity index (χ3v) is 4.84. The van der Waals surface area contributed by atoms with E-state index in [1.165, 1.54) is 0 Å². The van der Waals surface area contributed by atoms with Crippen LogP contribution >= 0.6 is 22.9 Å². The fourth-order valence-electron chi connectivity index (χ4n) is 2.60. The summed E-state index contributed by atoms with van der Waals surface area (Å²) in [6.45, 7) is 2.11. The summed E-state index contributed by atoms with van der Waals surface area (Å²) < 4.78 is 1.87. The Hall–Kier alpha value is -2.18.